The molecule has 1 heterocycles. The van der Waals surface area contributed by atoms with E-state index in [0.717, 1.165) is 6.42 Å². The van der Waals surface area contributed by atoms with Crippen LogP contribution in [0, 0.1) is 12.7 Å². The van der Waals surface area contributed by atoms with Gasteiger partial charge in [0.1, 0.15) is 5.82 Å². The first-order valence-electron chi connectivity index (χ1n) is 5.39. The zero-order valence-corrected chi connectivity index (χ0v) is 9.24. The molecule has 1 aliphatic rings. The summed E-state index contributed by atoms with van der Waals surface area (Å²) in [6, 6.07) is 4.90. The predicted molar refractivity (Wildman–Crippen MR) is 59.6 cm³/mol. The Morgan fingerprint density at radius 1 is 1.56 bits per heavy atom. The predicted octanol–water partition coefficient (Wildman–Crippen LogP) is 1.31. The normalized spacial score (nSPS) is 20.2. The fourth-order valence-electron chi connectivity index (χ4n) is 1.95. The van der Waals surface area contributed by atoms with Crippen LogP contribution in [0.4, 0.5) is 4.39 Å². The average molecular weight is 222 g/mol. The molecule has 1 aromatic rings. The molecule has 0 bridgehead atoms. The maximum absolute atomic E-state index is 13.7. The number of rotatable bonds is 1. The summed E-state index contributed by atoms with van der Waals surface area (Å²) in [5.41, 5.74) is 6.36. The minimum Gasteiger partial charge on any atom is -0.337 e. The van der Waals surface area contributed by atoms with Crippen LogP contribution in [0.2, 0.25) is 0 Å². The number of hydrogen-bond acceptors (Lipinski definition) is 2. The van der Waals surface area contributed by atoms with Crippen molar-refractivity contribution in [3.8, 4) is 0 Å². The topological polar surface area (TPSA) is 46.3 Å². The number of carbonyl (C=O) groups is 1. The lowest BCUT2D eigenvalue weighted by molar-refractivity contribution is 0.0786. The molecule has 0 aromatic heterocycles. The van der Waals surface area contributed by atoms with E-state index in [1.807, 2.05) is 0 Å². The summed E-state index contributed by atoms with van der Waals surface area (Å²) in [6.45, 7) is 2.79. The molecule has 2 rings (SSSR count). The number of hydrogen-bond donors (Lipinski definition) is 1. The van der Waals surface area contributed by atoms with Crippen molar-refractivity contribution in [3.05, 3.63) is 35.1 Å². The van der Waals surface area contributed by atoms with Crippen molar-refractivity contribution in [2.24, 2.45) is 5.73 Å². The Labute approximate surface area is 94.0 Å². The molecule has 0 saturated carbocycles. The van der Waals surface area contributed by atoms with Gasteiger partial charge < -0.3 is 10.6 Å². The fraction of sp³-hybridized carbons (Fsp3) is 0.417. The maximum Gasteiger partial charge on any atom is 0.256 e. The molecular formula is C12H15FN2O. The van der Waals surface area contributed by atoms with Gasteiger partial charge in [-0.15, -0.1) is 0 Å². The van der Waals surface area contributed by atoms with E-state index in [1.54, 1.807) is 24.0 Å². The van der Waals surface area contributed by atoms with Gasteiger partial charge in [0.05, 0.1) is 5.56 Å². The van der Waals surface area contributed by atoms with Crippen LogP contribution in [0.5, 0.6) is 0 Å². The van der Waals surface area contributed by atoms with Gasteiger partial charge in [0, 0.05) is 19.1 Å². The fourth-order valence-corrected chi connectivity index (χ4v) is 1.95. The van der Waals surface area contributed by atoms with Crippen molar-refractivity contribution < 1.29 is 9.18 Å². The van der Waals surface area contributed by atoms with Gasteiger partial charge in [-0.2, -0.15) is 0 Å². The van der Waals surface area contributed by atoms with E-state index < -0.39 is 5.82 Å². The zero-order valence-electron chi connectivity index (χ0n) is 9.24. The molecule has 86 valence electrons. The van der Waals surface area contributed by atoms with Crippen molar-refractivity contribution in [1.82, 2.24) is 4.90 Å². The number of amides is 1. The molecule has 1 aliphatic heterocycles. The summed E-state index contributed by atoms with van der Waals surface area (Å²) in [7, 11) is 0. The van der Waals surface area contributed by atoms with Crippen LogP contribution >= 0.6 is 0 Å². The summed E-state index contributed by atoms with van der Waals surface area (Å²) in [6.07, 6.45) is 0.791. The summed E-state index contributed by atoms with van der Waals surface area (Å²) in [5.74, 6) is -0.679. The third-order valence-electron chi connectivity index (χ3n) is 2.93. The molecule has 0 aliphatic carbocycles. The zero-order chi connectivity index (χ0) is 11.7. The minimum absolute atomic E-state index is 0.0248. The SMILES string of the molecule is Cc1cccc(C(=O)N2CC[C@@H](N)C2)c1F. The molecule has 1 saturated heterocycles. The van der Waals surface area contributed by atoms with E-state index in [0.29, 0.717) is 18.7 Å². The Kier molecular flexibility index (Phi) is 2.92. The third kappa shape index (κ3) is 1.93. The number of benzene rings is 1. The van der Waals surface area contributed by atoms with E-state index >= 15 is 0 Å². The van der Waals surface area contributed by atoms with Crippen LogP contribution in [-0.2, 0) is 0 Å². The quantitative estimate of drug-likeness (QED) is 0.778. The molecule has 0 radical (unpaired) electrons. The molecule has 1 amide bonds. The van der Waals surface area contributed by atoms with Gasteiger partial charge in [-0.1, -0.05) is 12.1 Å². The lowest BCUT2D eigenvalue weighted by Gasteiger charge is -2.16. The standard InChI is InChI=1S/C12H15FN2O/c1-8-3-2-4-10(11(8)13)12(16)15-6-5-9(14)7-15/h2-4,9H,5-7,14H2,1H3/t9-/m1/s1. The second kappa shape index (κ2) is 4.22. The Hall–Kier alpha value is -1.42. The number of nitrogens with two attached hydrogens (primary N) is 1. The largest absolute Gasteiger partial charge is 0.337 e. The van der Waals surface area contributed by atoms with Crippen molar-refractivity contribution >= 4 is 5.91 Å². The molecule has 0 spiro atoms. The van der Waals surface area contributed by atoms with Crippen molar-refractivity contribution in [3.63, 3.8) is 0 Å². The van der Waals surface area contributed by atoms with Crippen LogP contribution in [0.3, 0.4) is 0 Å². The second-order valence-electron chi connectivity index (χ2n) is 4.24. The molecule has 1 atom stereocenters. The Bertz CT molecular complexity index is 419. The molecule has 2 N–H and O–H groups in total. The summed E-state index contributed by atoms with van der Waals surface area (Å²) >= 11 is 0. The first-order chi connectivity index (χ1) is 7.59. The van der Waals surface area contributed by atoms with Gasteiger partial charge in [0.25, 0.3) is 5.91 Å². The highest BCUT2D eigenvalue weighted by molar-refractivity contribution is 5.94. The lowest BCUT2D eigenvalue weighted by Crippen LogP contribution is -2.32. The highest BCUT2D eigenvalue weighted by Crippen LogP contribution is 2.17. The average Bonchev–Trinajstić information content (AvgIpc) is 2.68. The van der Waals surface area contributed by atoms with Crippen molar-refractivity contribution in [2.45, 2.75) is 19.4 Å². The molecular weight excluding hydrogens is 207 g/mol. The number of carbonyl (C=O) groups excluding carboxylic acids is 1. The number of likely N-dealkylation sites (tertiary alicyclic amines) is 1. The van der Waals surface area contributed by atoms with Gasteiger partial charge >= 0.3 is 0 Å². The minimum atomic E-state index is -0.423. The van der Waals surface area contributed by atoms with Gasteiger partial charge in [-0.3, -0.25) is 4.79 Å². The number of halogens is 1. The van der Waals surface area contributed by atoms with Crippen LogP contribution in [-0.4, -0.2) is 29.9 Å². The monoisotopic (exact) mass is 222 g/mol. The lowest BCUT2D eigenvalue weighted by atomic mass is 10.1. The van der Waals surface area contributed by atoms with E-state index in [1.165, 1.54) is 6.07 Å². The van der Waals surface area contributed by atoms with Gasteiger partial charge in [0.15, 0.2) is 0 Å². The molecule has 1 fully saturated rings. The summed E-state index contributed by atoms with van der Waals surface area (Å²) < 4.78 is 13.7. The van der Waals surface area contributed by atoms with E-state index in [-0.39, 0.29) is 17.5 Å². The Morgan fingerprint density at radius 2 is 2.31 bits per heavy atom. The van der Waals surface area contributed by atoms with Gasteiger partial charge in [-0.25, -0.2) is 4.39 Å². The third-order valence-corrected chi connectivity index (χ3v) is 2.93. The van der Waals surface area contributed by atoms with E-state index in [4.69, 9.17) is 5.73 Å². The first kappa shape index (κ1) is 11.1. The second-order valence-corrected chi connectivity index (χ2v) is 4.24. The van der Waals surface area contributed by atoms with Gasteiger partial charge in [0.2, 0.25) is 0 Å². The number of aryl methyl sites for hydroxylation is 1. The van der Waals surface area contributed by atoms with Gasteiger partial charge in [-0.05, 0) is 25.0 Å². The summed E-state index contributed by atoms with van der Waals surface area (Å²) in [5, 5.41) is 0. The first-order valence-corrected chi connectivity index (χ1v) is 5.39. The van der Waals surface area contributed by atoms with Crippen molar-refractivity contribution in [1.29, 1.82) is 0 Å². The number of nitrogens with zero attached hydrogens (tertiary/aromatic N) is 1. The van der Waals surface area contributed by atoms with E-state index in [2.05, 4.69) is 0 Å². The van der Waals surface area contributed by atoms with Crippen LogP contribution in [0.25, 0.3) is 0 Å². The Morgan fingerprint density at radius 3 is 2.94 bits per heavy atom. The molecule has 4 heteroatoms. The Balaban J connectivity index is 2.24. The highest BCUT2D eigenvalue weighted by Gasteiger charge is 2.26. The molecule has 3 nitrogen and oxygen atoms in total. The smallest absolute Gasteiger partial charge is 0.256 e. The van der Waals surface area contributed by atoms with Crippen LogP contribution < -0.4 is 5.73 Å². The molecule has 1 aromatic carbocycles. The van der Waals surface area contributed by atoms with Crippen LogP contribution in [0.15, 0.2) is 18.2 Å². The van der Waals surface area contributed by atoms with Crippen LogP contribution in [0.1, 0.15) is 22.3 Å². The molecule has 0 unspecified atom stereocenters. The summed E-state index contributed by atoms with van der Waals surface area (Å²) in [4.78, 5) is 13.6. The molecule has 16 heavy (non-hydrogen) atoms. The van der Waals surface area contributed by atoms with E-state index in [9.17, 15) is 9.18 Å². The van der Waals surface area contributed by atoms with Crippen molar-refractivity contribution in [2.75, 3.05) is 13.1 Å². The maximum atomic E-state index is 13.7. The highest BCUT2D eigenvalue weighted by atomic mass is 19.1.